The Morgan fingerprint density at radius 1 is 1.75 bits per heavy atom. The molecule has 0 aromatic carbocycles. The molecule has 0 saturated carbocycles. The molecule has 0 saturated heterocycles. The molecule has 44 valence electrons. The van der Waals surface area contributed by atoms with Crippen molar-refractivity contribution < 1.29 is 15.0 Å². The highest BCUT2D eigenvalue weighted by Gasteiger charge is 2.18. The fourth-order valence-electron chi connectivity index (χ4n) is 0.475. The number of aliphatic hydroxyl groups excluding tert-OH is 2. The quantitative estimate of drug-likeness (QED) is 0.374. The van der Waals surface area contributed by atoms with Gasteiger partial charge in [-0.2, -0.15) is 0 Å². The van der Waals surface area contributed by atoms with Crippen molar-refractivity contribution in [3.63, 3.8) is 0 Å². The van der Waals surface area contributed by atoms with Crippen molar-refractivity contribution in [1.82, 2.24) is 5.32 Å². The first-order chi connectivity index (χ1) is 3.70. The third kappa shape index (κ3) is 0.651. The van der Waals surface area contributed by atoms with Crippen LogP contribution in [-0.4, -0.2) is 22.3 Å². The minimum atomic E-state index is -1.01. The molecule has 1 heterocycles. The summed E-state index contributed by atoms with van der Waals surface area (Å²) in [5, 5.41) is 19.0. The fraction of sp³-hybridized carbons (Fsp3) is 0.250. The summed E-state index contributed by atoms with van der Waals surface area (Å²) in [7, 11) is 0. The summed E-state index contributed by atoms with van der Waals surface area (Å²) in [5.74, 6) is -1.05. The molecule has 0 aromatic heterocycles. The van der Waals surface area contributed by atoms with Crippen LogP contribution in [0.5, 0.6) is 0 Å². The number of nitrogens with one attached hydrogen (secondary N) is 1. The van der Waals surface area contributed by atoms with E-state index in [2.05, 4.69) is 0 Å². The maximum absolute atomic E-state index is 10.2. The van der Waals surface area contributed by atoms with Crippen LogP contribution in [0.2, 0.25) is 0 Å². The van der Waals surface area contributed by atoms with Crippen molar-refractivity contribution >= 4 is 5.91 Å². The van der Waals surface area contributed by atoms with E-state index in [9.17, 15) is 4.79 Å². The SMILES string of the molecule is O=C1NC(O)C=C1O. The maximum Gasteiger partial charge on any atom is 0.288 e. The van der Waals surface area contributed by atoms with E-state index in [0.29, 0.717) is 0 Å². The Bertz CT molecular complexity index is 151. The molecule has 4 nitrogen and oxygen atoms in total. The highest BCUT2D eigenvalue weighted by atomic mass is 16.3. The number of carbonyl (C=O) groups excluding carboxylic acids is 1. The van der Waals surface area contributed by atoms with Crippen molar-refractivity contribution in [2.24, 2.45) is 0 Å². The molecular weight excluding hydrogens is 110 g/mol. The van der Waals surface area contributed by atoms with E-state index in [0.717, 1.165) is 6.08 Å². The number of amides is 1. The predicted molar refractivity (Wildman–Crippen MR) is 24.9 cm³/mol. The van der Waals surface area contributed by atoms with Gasteiger partial charge < -0.3 is 15.5 Å². The molecule has 0 bridgehead atoms. The first-order valence-electron chi connectivity index (χ1n) is 2.10. The molecule has 1 aliphatic rings. The van der Waals surface area contributed by atoms with Gasteiger partial charge in [0.1, 0.15) is 6.23 Å². The average molecular weight is 115 g/mol. The molecule has 1 unspecified atom stereocenters. The van der Waals surface area contributed by atoms with Crippen molar-refractivity contribution in [2.75, 3.05) is 0 Å². The lowest BCUT2D eigenvalue weighted by Crippen LogP contribution is -2.26. The third-order valence-corrected chi connectivity index (χ3v) is 0.827. The Hall–Kier alpha value is -1.03. The second kappa shape index (κ2) is 1.48. The Morgan fingerprint density at radius 3 is 2.50 bits per heavy atom. The molecule has 0 radical (unpaired) electrons. The largest absolute Gasteiger partial charge is 0.503 e. The van der Waals surface area contributed by atoms with Gasteiger partial charge in [0.2, 0.25) is 0 Å². The molecule has 4 heteroatoms. The lowest BCUT2D eigenvalue weighted by molar-refractivity contribution is -0.120. The number of rotatable bonds is 0. The van der Waals surface area contributed by atoms with Crippen LogP contribution in [0.25, 0.3) is 0 Å². The van der Waals surface area contributed by atoms with Gasteiger partial charge >= 0.3 is 0 Å². The highest BCUT2D eigenvalue weighted by Crippen LogP contribution is 1.98. The topological polar surface area (TPSA) is 69.6 Å². The fourth-order valence-corrected chi connectivity index (χ4v) is 0.475. The molecule has 3 N–H and O–H groups in total. The Labute approximate surface area is 45.4 Å². The van der Waals surface area contributed by atoms with Crippen LogP contribution in [0.15, 0.2) is 11.8 Å². The first kappa shape index (κ1) is 5.11. The number of aliphatic hydroxyl groups is 2. The van der Waals surface area contributed by atoms with Gasteiger partial charge in [0.25, 0.3) is 5.91 Å². The van der Waals surface area contributed by atoms with Gasteiger partial charge in [0.15, 0.2) is 5.76 Å². The van der Waals surface area contributed by atoms with Gasteiger partial charge in [-0.15, -0.1) is 0 Å². The first-order valence-corrected chi connectivity index (χ1v) is 2.10. The molecule has 0 fully saturated rings. The zero-order valence-electron chi connectivity index (χ0n) is 3.96. The molecule has 1 aliphatic heterocycles. The monoisotopic (exact) mass is 115 g/mol. The minimum absolute atomic E-state index is 0.419. The van der Waals surface area contributed by atoms with E-state index in [1.165, 1.54) is 0 Å². The molecule has 1 rings (SSSR count). The predicted octanol–water partition coefficient (Wildman–Crippen LogP) is -1.12. The van der Waals surface area contributed by atoms with E-state index >= 15 is 0 Å². The van der Waals surface area contributed by atoms with Gasteiger partial charge in [-0.05, 0) is 0 Å². The summed E-state index contributed by atoms with van der Waals surface area (Å²) in [6.45, 7) is 0. The van der Waals surface area contributed by atoms with Crippen LogP contribution in [0.1, 0.15) is 0 Å². The van der Waals surface area contributed by atoms with Gasteiger partial charge in [0, 0.05) is 6.08 Å². The molecule has 0 aromatic rings. The Morgan fingerprint density at radius 2 is 2.38 bits per heavy atom. The highest BCUT2D eigenvalue weighted by molar-refractivity contribution is 5.93. The smallest absolute Gasteiger partial charge is 0.288 e. The van der Waals surface area contributed by atoms with Crippen molar-refractivity contribution in [2.45, 2.75) is 6.23 Å². The summed E-state index contributed by atoms with van der Waals surface area (Å²) >= 11 is 0. The number of hydrogen-bond donors (Lipinski definition) is 3. The lowest BCUT2D eigenvalue weighted by atomic mass is 10.5. The Kier molecular flexibility index (Phi) is 0.948. The van der Waals surface area contributed by atoms with Crippen LogP contribution >= 0.6 is 0 Å². The minimum Gasteiger partial charge on any atom is -0.503 e. The van der Waals surface area contributed by atoms with Crippen molar-refractivity contribution in [3.8, 4) is 0 Å². The van der Waals surface area contributed by atoms with Crippen LogP contribution in [-0.2, 0) is 4.79 Å². The van der Waals surface area contributed by atoms with Crippen LogP contribution in [0.4, 0.5) is 0 Å². The molecule has 1 amide bonds. The van der Waals surface area contributed by atoms with E-state index in [-0.39, 0.29) is 0 Å². The van der Waals surface area contributed by atoms with Crippen molar-refractivity contribution in [3.05, 3.63) is 11.8 Å². The van der Waals surface area contributed by atoms with Gasteiger partial charge in [0.05, 0.1) is 0 Å². The van der Waals surface area contributed by atoms with Gasteiger partial charge in [-0.25, -0.2) is 0 Å². The lowest BCUT2D eigenvalue weighted by Gasteiger charge is -1.94. The molecule has 8 heavy (non-hydrogen) atoms. The molecular formula is C4H5NO3. The summed E-state index contributed by atoms with van der Waals surface area (Å²) in [4.78, 5) is 10.2. The van der Waals surface area contributed by atoms with Crippen LogP contribution in [0, 0.1) is 0 Å². The van der Waals surface area contributed by atoms with Crippen molar-refractivity contribution in [1.29, 1.82) is 0 Å². The Balaban J connectivity index is 2.73. The normalized spacial score (nSPS) is 27.4. The zero-order chi connectivity index (χ0) is 6.15. The van der Waals surface area contributed by atoms with Gasteiger partial charge in [-0.1, -0.05) is 0 Å². The van der Waals surface area contributed by atoms with Gasteiger partial charge in [-0.3, -0.25) is 4.79 Å². The number of carbonyl (C=O) groups is 1. The van der Waals surface area contributed by atoms with E-state index in [1.54, 1.807) is 0 Å². The number of hydrogen-bond acceptors (Lipinski definition) is 3. The van der Waals surface area contributed by atoms with Crippen LogP contribution in [0.3, 0.4) is 0 Å². The summed E-state index contributed by atoms with van der Waals surface area (Å²) in [5.41, 5.74) is 0. The van der Waals surface area contributed by atoms with E-state index < -0.39 is 17.9 Å². The second-order valence-corrected chi connectivity index (χ2v) is 1.47. The standard InChI is InChI=1S/C4H5NO3/c6-2-1-3(7)5-4(2)8/h1,3,6-7H,(H,5,8). The molecule has 0 aliphatic carbocycles. The molecule has 1 atom stereocenters. The summed E-state index contributed by atoms with van der Waals surface area (Å²) in [6, 6.07) is 0. The van der Waals surface area contributed by atoms with E-state index in [1.807, 2.05) is 5.32 Å². The third-order valence-electron chi connectivity index (χ3n) is 0.827. The molecule has 0 spiro atoms. The summed E-state index contributed by atoms with van der Waals surface area (Å²) < 4.78 is 0. The summed E-state index contributed by atoms with van der Waals surface area (Å²) in [6.07, 6.45) is 0.0185. The maximum atomic E-state index is 10.2. The second-order valence-electron chi connectivity index (χ2n) is 1.47. The zero-order valence-corrected chi connectivity index (χ0v) is 3.96. The average Bonchev–Trinajstić information content (AvgIpc) is 1.85. The van der Waals surface area contributed by atoms with Crippen LogP contribution < -0.4 is 5.32 Å². The van der Waals surface area contributed by atoms with E-state index in [4.69, 9.17) is 10.2 Å².